The Morgan fingerprint density at radius 1 is 1.00 bits per heavy atom. The summed E-state index contributed by atoms with van der Waals surface area (Å²) < 4.78 is 29.9. The quantitative estimate of drug-likeness (QED) is 0.208. The number of aromatic amines is 2. The second kappa shape index (κ2) is 9.84. The lowest BCUT2D eigenvalue weighted by Gasteiger charge is -2.20. The van der Waals surface area contributed by atoms with E-state index >= 15 is 0 Å². The van der Waals surface area contributed by atoms with E-state index in [1.165, 1.54) is 6.33 Å². The molecule has 0 fully saturated rings. The van der Waals surface area contributed by atoms with Crippen LogP contribution in [0, 0.1) is 6.92 Å². The van der Waals surface area contributed by atoms with Gasteiger partial charge in [-0.25, -0.2) is 22.9 Å². The molecular formula is C30H27N9O3S. The van der Waals surface area contributed by atoms with Crippen LogP contribution < -0.4 is 15.6 Å². The van der Waals surface area contributed by atoms with Crippen LogP contribution in [-0.4, -0.2) is 48.8 Å². The lowest BCUT2D eigenvalue weighted by Crippen LogP contribution is -2.29. The summed E-state index contributed by atoms with van der Waals surface area (Å²) >= 11 is 0. The van der Waals surface area contributed by atoms with Crippen molar-refractivity contribution >= 4 is 49.0 Å². The summed E-state index contributed by atoms with van der Waals surface area (Å²) in [6.07, 6.45) is 7.99. The minimum atomic E-state index is -3.50. The van der Waals surface area contributed by atoms with Gasteiger partial charge in [-0.3, -0.25) is 14.1 Å². The second-order valence-corrected chi connectivity index (χ2v) is 12.2. The number of hydrogen-bond donors (Lipinski definition) is 4. The van der Waals surface area contributed by atoms with Gasteiger partial charge in [-0.2, -0.15) is 5.10 Å². The van der Waals surface area contributed by atoms with Gasteiger partial charge in [0.05, 0.1) is 29.1 Å². The monoisotopic (exact) mass is 593 g/mol. The fourth-order valence-corrected chi connectivity index (χ4v) is 6.10. The van der Waals surface area contributed by atoms with Gasteiger partial charge in [-0.15, -0.1) is 0 Å². The third kappa shape index (κ3) is 4.59. The van der Waals surface area contributed by atoms with Crippen LogP contribution in [0.3, 0.4) is 0 Å². The first kappa shape index (κ1) is 26.5. The summed E-state index contributed by atoms with van der Waals surface area (Å²) in [5.74, 6) is 1.02. The average molecular weight is 594 g/mol. The van der Waals surface area contributed by atoms with E-state index in [9.17, 15) is 13.2 Å². The van der Waals surface area contributed by atoms with E-state index in [4.69, 9.17) is 5.10 Å². The number of nitrogens with one attached hydrogen (secondary N) is 4. The van der Waals surface area contributed by atoms with Crippen molar-refractivity contribution in [3.63, 3.8) is 0 Å². The zero-order valence-corrected chi connectivity index (χ0v) is 24.3. The highest BCUT2D eigenvalue weighted by Gasteiger charge is 2.23. The number of para-hydroxylation sites is 1. The number of rotatable bonds is 7. The molecule has 2 aromatic carbocycles. The van der Waals surface area contributed by atoms with Crippen molar-refractivity contribution in [2.24, 2.45) is 0 Å². The van der Waals surface area contributed by atoms with Gasteiger partial charge in [0.25, 0.3) is 5.56 Å². The molecule has 0 radical (unpaired) electrons. The van der Waals surface area contributed by atoms with Crippen molar-refractivity contribution in [1.82, 2.24) is 34.1 Å². The third-order valence-electron chi connectivity index (χ3n) is 7.40. The molecule has 5 aromatic heterocycles. The summed E-state index contributed by atoms with van der Waals surface area (Å²) in [5, 5.41) is 9.94. The van der Waals surface area contributed by atoms with E-state index in [0.29, 0.717) is 39.6 Å². The highest BCUT2D eigenvalue weighted by atomic mass is 32.2. The van der Waals surface area contributed by atoms with Crippen LogP contribution in [-0.2, 0) is 10.0 Å². The molecule has 1 atom stereocenters. The molecule has 0 saturated heterocycles. The van der Waals surface area contributed by atoms with Crippen LogP contribution in [0.15, 0.2) is 84.3 Å². The molecule has 7 rings (SSSR count). The Balaban J connectivity index is 1.38. The Kier molecular flexibility index (Phi) is 6.06. The molecule has 216 valence electrons. The number of nitrogens with zero attached hydrogens (tertiary/aromatic N) is 5. The van der Waals surface area contributed by atoms with Crippen LogP contribution >= 0.6 is 0 Å². The molecule has 0 bridgehead atoms. The predicted molar refractivity (Wildman–Crippen MR) is 167 cm³/mol. The first-order valence-electron chi connectivity index (χ1n) is 13.5. The molecule has 43 heavy (non-hydrogen) atoms. The van der Waals surface area contributed by atoms with Crippen molar-refractivity contribution in [2.75, 3.05) is 16.3 Å². The largest absolute Gasteiger partial charge is 0.361 e. The zero-order valence-electron chi connectivity index (χ0n) is 23.5. The van der Waals surface area contributed by atoms with Gasteiger partial charge in [0.15, 0.2) is 5.82 Å². The van der Waals surface area contributed by atoms with E-state index in [2.05, 4.69) is 30.0 Å². The minimum absolute atomic E-state index is 0.174. The Morgan fingerprint density at radius 3 is 2.60 bits per heavy atom. The Bertz CT molecular complexity index is 2330. The first-order chi connectivity index (χ1) is 20.7. The molecule has 0 unspecified atom stereocenters. The number of fused-ring (bicyclic) bond motifs is 3. The van der Waals surface area contributed by atoms with Crippen LogP contribution in [0.25, 0.3) is 44.3 Å². The number of sulfonamides is 1. The smallest absolute Gasteiger partial charge is 0.282 e. The summed E-state index contributed by atoms with van der Waals surface area (Å²) in [6.45, 7) is 3.81. The fourth-order valence-electron chi connectivity index (χ4n) is 5.56. The number of anilines is 2. The molecular weight excluding hydrogens is 566 g/mol. The summed E-state index contributed by atoms with van der Waals surface area (Å²) in [7, 11) is -3.50. The number of benzene rings is 2. The minimum Gasteiger partial charge on any atom is -0.361 e. The van der Waals surface area contributed by atoms with Gasteiger partial charge in [-0.05, 0) is 61.4 Å². The molecule has 0 aliphatic rings. The maximum Gasteiger partial charge on any atom is 0.282 e. The summed E-state index contributed by atoms with van der Waals surface area (Å²) in [6, 6.07) is 16.3. The second-order valence-electron chi connectivity index (χ2n) is 10.5. The molecule has 7 aromatic rings. The van der Waals surface area contributed by atoms with Crippen molar-refractivity contribution < 1.29 is 8.42 Å². The average Bonchev–Trinajstić information content (AvgIpc) is 3.71. The molecule has 0 aliphatic carbocycles. The highest BCUT2D eigenvalue weighted by molar-refractivity contribution is 7.92. The van der Waals surface area contributed by atoms with Gasteiger partial charge >= 0.3 is 0 Å². The van der Waals surface area contributed by atoms with E-state index in [0.717, 1.165) is 33.8 Å². The van der Waals surface area contributed by atoms with Crippen LogP contribution in [0.5, 0.6) is 0 Å². The lowest BCUT2D eigenvalue weighted by molar-refractivity contribution is 0.607. The molecule has 0 spiro atoms. The number of aromatic nitrogens is 7. The number of H-pyrrole nitrogens is 2. The van der Waals surface area contributed by atoms with Gasteiger partial charge < -0.3 is 15.3 Å². The zero-order chi connectivity index (χ0) is 29.9. The molecule has 13 heteroatoms. The number of hydrogen-bond acceptors (Lipinski definition) is 7. The van der Waals surface area contributed by atoms with Crippen molar-refractivity contribution in [2.45, 2.75) is 19.9 Å². The maximum atomic E-state index is 13.8. The predicted octanol–water partition coefficient (Wildman–Crippen LogP) is 4.76. The molecule has 0 saturated carbocycles. The molecule has 5 heterocycles. The Morgan fingerprint density at radius 2 is 1.81 bits per heavy atom. The first-order valence-corrected chi connectivity index (χ1v) is 15.4. The van der Waals surface area contributed by atoms with Crippen LogP contribution in [0.1, 0.15) is 24.4 Å². The van der Waals surface area contributed by atoms with Gasteiger partial charge in [0.1, 0.15) is 23.3 Å². The summed E-state index contributed by atoms with van der Waals surface area (Å²) in [4.78, 5) is 29.2. The van der Waals surface area contributed by atoms with Gasteiger partial charge in [0.2, 0.25) is 10.0 Å². The Hall–Kier alpha value is -5.43. The standard InChI is InChI=1S/C30H27N9O3S/c1-17-10-12-38-26(17)30(40)39(20-7-5-4-6-8-20)29(36-38)18(2)35-28-25-23(15-32-27(25)33-16-34-28)22-13-19(37-43(3,41)42)14-24-21(22)9-11-31-24/h4-16,18,31,37H,1-3H3,(H2,32,33,34,35)/t18-/m0/s1. The highest BCUT2D eigenvalue weighted by Crippen LogP contribution is 2.38. The van der Waals surface area contributed by atoms with Crippen LogP contribution in [0.2, 0.25) is 0 Å². The van der Waals surface area contributed by atoms with Gasteiger partial charge in [-0.1, -0.05) is 18.2 Å². The molecule has 4 N–H and O–H groups in total. The SMILES string of the molecule is Cc1ccn2nc([C@H](C)Nc3ncnc4[nH]cc(-c5cc(NS(C)(=O)=O)cc6[nH]ccc56)c34)n(-c3ccccc3)c(=O)c12. The summed E-state index contributed by atoms with van der Waals surface area (Å²) in [5.41, 5.74) is 5.22. The number of aryl methyl sites for hydroxylation is 1. The third-order valence-corrected chi connectivity index (χ3v) is 8.01. The van der Waals surface area contributed by atoms with Crippen molar-refractivity contribution in [1.29, 1.82) is 0 Å². The molecule has 12 nitrogen and oxygen atoms in total. The van der Waals surface area contributed by atoms with E-state index in [-0.39, 0.29) is 5.56 Å². The van der Waals surface area contributed by atoms with Gasteiger partial charge in [0, 0.05) is 35.1 Å². The maximum absolute atomic E-state index is 13.8. The van der Waals surface area contributed by atoms with Crippen molar-refractivity contribution in [3.8, 4) is 16.8 Å². The molecule has 0 aliphatic heterocycles. The lowest BCUT2D eigenvalue weighted by atomic mass is 10.0. The van der Waals surface area contributed by atoms with E-state index < -0.39 is 16.1 Å². The fraction of sp³-hybridized carbons (Fsp3) is 0.133. The normalized spacial score (nSPS) is 12.7. The van der Waals surface area contributed by atoms with E-state index in [1.54, 1.807) is 33.6 Å². The van der Waals surface area contributed by atoms with Crippen LogP contribution in [0.4, 0.5) is 11.5 Å². The topological polar surface area (TPSA) is 155 Å². The van der Waals surface area contributed by atoms with E-state index in [1.807, 2.05) is 62.5 Å². The molecule has 0 amide bonds. The van der Waals surface area contributed by atoms with Crippen molar-refractivity contribution in [3.05, 3.63) is 101 Å². The Labute approximate surface area is 245 Å².